The van der Waals surface area contributed by atoms with Crippen LogP contribution in [0.3, 0.4) is 0 Å². The average Bonchev–Trinajstić information content (AvgIpc) is 4.01. The maximum Gasteiger partial charge on any atom is 0.262 e. The van der Waals surface area contributed by atoms with E-state index in [9.17, 15) is 29.2 Å². The number of rotatable bonds is 8. The van der Waals surface area contributed by atoms with Gasteiger partial charge in [-0.2, -0.15) is 10.4 Å². The quantitative estimate of drug-likeness (QED) is 0.184. The number of anilines is 2. The number of piperidine rings is 2. The molecule has 3 saturated carbocycles. The molecule has 17 heteroatoms. The van der Waals surface area contributed by atoms with Gasteiger partial charge in [0.2, 0.25) is 17.7 Å². The largest absolute Gasteiger partial charge is 0.387 e. The number of carbonyl (C=O) groups excluding carboxylic acids is 5. The molecule has 16 nitrogen and oxygen atoms in total. The number of benzene rings is 1. The highest BCUT2D eigenvalue weighted by Crippen LogP contribution is 2.55. The number of nitriles is 1. The normalized spacial score (nSPS) is 24.1. The summed E-state index contributed by atoms with van der Waals surface area (Å²) in [6.07, 6.45) is 10.3. The lowest BCUT2D eigenvalue weighted by Crippen LogP contribution is -2.59. The number of amides is 5. The molecule has 1 unspecified atom stereocenters. The molecule has 5 aromatic rings. The predicted molar refractivity (Wildman–Crippen MR) is 220 cm³/mol. The van der Waals surface area contributed by atoms with Crippen molar-refractivity contribution in [2.45, 2.75) is 81.2 Å². The molecule has 5 amide bonds. The Hall–Kier alpha value is -6.54. The van der Waals surface area contributed by atoms with E-state index < -0.39 is 29.7 Å². The van der Waals surface area contributed by atoms with Crippen molar-refractivity contribution in [1.82, 2.24) is 40.3 Å². The summed E-state index contributed by atoms with van der Waals surface area (Å²) in [5, 5.41) is 34.0. The maximum absolute atomic E-state index is 13.8. The molecule has 4 aromatic heterocycles. The van der Waals surface area contributed by atoms with Crippen molar-refractivity contribution >= 4 is 57.8 Å². The highest BCUT2D eigenvalue weighted by atomic mass is 32.1. The molecule has 6 aliphatic rings. The fourth-order valence-electron chi connectivity index (χ4n) is 9.89. The molecule has 0 radical (unpaired) electrons. The molecular weight excluding hydrogens is 783 g/mol. The number of carbonyl (C=O) groups is 5. The SMILES string of the molecule is CNc1cc(-c2ccc3cc(C#N)cnn23)ncc1-c1nnc(C23CCC(NC(=O)C4CCN(c5ccc6c(c5)C(=O)N(C5CCC(=O)NC5=O)C6=O)CC4)(CC2)CC3)s1. The molecule has 304 valence electrons. The van der Waals surface area contributed by atoms with Gasteiger partial charge in [-0.15, -0.1) is 10.2 Å². The molecule has 2 bridgehead atoms. The Labute approximate surface area is 348 Å². The minimum Gasteiger partial charge on any atom is -0.387 e. The van der Waals surface area contributed by atoms with Crippen LogP contribution in [0.15, 0.2) is 54.9 Å². The van der Waals surface area contributed by atoms with E-state index in [1.54, 1.807) is 40.2 Å². The first kappa shape index (κ1) is 37.7. The lowest BCUT2D eigenvalue weighted by Gasteiger charge is -2.53. The molecule has 60 heavy (non-hydrogen) atoms. The summed E-state index contributed by atoms with van der Waals surface area (Å²) in [4.78, 5) is 72.4. The van der Waals surface area contributed by atoms with E-state index in [4.69, 9.17) is 10.1 Å². The van der Waals surface area contributed by atoms with Crippen molar-refractivity contribution in [1.29, 1.82) is 5.26 Å². The third kappa shape index (κ3) is 6.19. The second kappa shape index (κ2) is 14.3. The first-order valence-corrected chi connectivity index (χ1v) is 21.2. The van der Waals surface area contributed by atoms with Crippen molar-refractivity contribution < 1.29 is 24.0 Å². The van der Waals surface area contributed by atoms with Gasteiger partial charge in [0, 0.05) is 61.0 Å². The van der Waals surface area contributed by atoms with Gasteiger partial charge in [0.15, 0.2) is 5.01 Å². The van der Waals surface area contributed by atoms with Crippen molar-refractivity contribution in [2.75, 3.05) is 30.4 Å². The van der Waals surface area contributed by atoms with E-state index in [2.05, 4.69) is 37.1 Å². The number of aromatic nitrogens is 5. The van der Waals surface area contributed by atoms with Crippen molar-refractivity contribution in [2.24, 2.45) is 5.92 Å². The minimum atomic E-state index is -1.01. The Morgan fingerprint density at radius 2 is 1.67 bits per heavy atom. The number of nitrogens with zero attached hydrogens (tertiary/aromatic N) is 8. The number of imide groups is 2. The average molecular weight is 824 g/mol. The number of fused-ring (bicyclic) bond motifs is 5. The highest BCUT2D eigenvalue weighted by molar-refractivity contribution is 7.14. The third-order valence-corrected chi connectivity index (χ3v) is 14.7. The molecule has 1 atom stereocenters. The standard InChI is InChI=1S/C43H41N11O5S/c1-45-31-20-32(33-5-3-27-18-24(21-44)22-47-54(27)33)46-23-30(31)38-50-51-41(60-38)42-10-13-43(14-11-42,15-12-42)49-36(56)25-8-16-52(17-9-25)26-2-4-28-29(19-26)40(59)53(39(28)58)34-6-7-35(55)48-37(34)57/h2-5,18-20,22-23,25,34H,6-17H2,1H3,(H,45,46)(H,49,56)(H,48,55,57). The maximum atomic E-state index is 13.8. The fraction of sp³-hybridized carbons (Fsp3) is 0.395. The van der Waals surface area contributed by atoms with Gasteiger partial charge in [-0.25, -0.2) is 4.52 Å². The van der Waals surface area contributed by atoms with Gasteiger partial charge in [-0.05, 0) is 100 Å². The second-order valence-electron chi connectivity index (χ2n) is 16.7. The monoisotopic (exact) mass is 823 g/mol. The lowest BCUT2D eigenvalue weighted by atomic mass is 9.57. The Morgan fingerprint density at radius 3 is 2.40 bits per heavy atom. The first-order chi connectivity index (χ1) is 29.1. The van der Waals surface area contributed by atoms with E-state index in [-0.39, 0.29) is 46.7 Å². The van der Waals surface area contributed by atoms with E-state index in [0.29, 0.717) is 31.5 Å². The molecular formula is C43H41N11O5S. The summed E-state index contributed by atoms with van der Waals surface area (Å²) in [5.74, 6) is -2.12. The number of pyridine rings is 1. The first-order valence-electron chi connectivity index (χ1n) is 20.4. The molecule has 0 spiro atoms. The Balaban J connectivity index is 0.757. The van der Waals surface area contributed by atoms with Crippen LogP contribution in [0.25, 0.3) is 27.5 Å². The minimum absolute atomic E-state index is 0.0688. The molecule has 2 saturated heterocycles. The van der Waals surface area contributed by atoms with E-state index in [0.717, 1.165) is 87.3 Å². The lowest BCUT2D eigenvalue weighted by molar-refractivity contribution is -0.136. The molecule has 5 fully saturated rings. The van der Waals surface area contributed by atoms with E-state index >= 15 is 0 Å². The van der Waals surface area contributed by atoms with Crippen LogP contribution < -0.4 is 20.9 Å². The Kier molecular flexibility index (Phi) is 9.01. The van der Waals surface area contributed by atoms with Crippen LogP contribution in [-0.4, -0.2) is 90.9 Å². The summed E-state index contributed by atoms with van der Waals surface area (Å²) >= 11 is 1.62. The van der Waals surface area contributed by atoms with Gasteiger partial charge in [-0.1, -0.05) is 11.3 Å². The summed E-state index contributed by atoms with van der Waals surface area (Å²) < 4.78 is 1.78. The highest BCUT2D eigenvalue weighted by Gasteiger charge is 2.52. The number of hydrogen-bond donors (Lipinski definition) is 3. The van der Waals surface area contributed by atoms with Gasteiger partial charge in [0.25, 0.3) is 11.8 Å². The summed E-state index contributed by atoms with van der Waals surface area (Å²) in [5.41, 5.74) is 5.62. The topological polar surface area (TPSA) is 208 Å². The molecule has 1 aromatic carbocycles. The van der Waals surface area contributed by atoms with Crippen molar-refractivity contribution in [3.8, 4) is 28.0 Å². The molecule has 7 heterocycles. The van der Waals surface area contributed by atoms with Crippen molar-refractivity contribution in [3.05, 3.63) is 76.6 Å². The number of hydrogen-bond acceptors (Lipinski definition) is 13. The zero-order valence-electron chi connectivity index (χ0n) is 32.9. The summed E-state index contributed by atoms with van der Waals surface area (Å²) in [7, 11) is 1.87. The summed E-state index contributed by atoms with van der Waals surface area (Å²) in [6.45, 7) is 1.26. The molecule has 3 aliphatic carbocycles. The number of nitrogens with one attached hydrogen (secondary N) is 3. The van der Waals surface area contributed by atoms with Gasteiger partial charge >= 0.3 is 0 Å². The third-order valence-electron chi connectivity index (χ3n) is 13.5. The van der Waals surface area contributed by atoms with Crippen LogP contribution in [0.1, 0.15) is 95.5 Å². The molecule has 11 rings (SSSR count). The zero-order valence-corrected chi connectivity index (χ0v) is 33.7. The smallest absolute Gasteiger partial charge is 0.262 e. The van der Waals surface area contributed by atoms with Crippen LogP contribution >= 0.6 is 11.3 Å². The van der Waals surface area contributed by atoms with Crippen LogP contribution in [-0.2, 0) is 19.8 Å². The van der Waals surface area contributed by atoms with Crippen LogP contribution in [0, 0.1) is 17.2 Å². The summed E-state index contributed by atoms with van der Waals surface area (Å²) in [6, 6.07) is 13.9. The zero-order chi connectivity index (χ0) is 41.3. The van der Waals surface area contributed by atoms with Crippen molar-refractivity contribution in [3.63, 3.8) is 0 Å². The molecule has 3 aliphatic heterocycles. The second-order valence-corrected chi connectivity index (χ2v) is 17.7. The van der Waals surface area contributed by atoms with Gasteiger partial charge < -0.3 is 15.5 Å². The van der Waals surface area contributed by atoms with E-state index in [1.165, 1.54) is 0 Å². The van der Waals surface area contributed by atoms with Crippen LogP contribution in [0.5, 0.6) is 0 Å². The predicted octanol–water partition coefficient (Wildman–Crippen LogP) is 4.61. The van der Waals surface area contributed by atoms with Gasteiger partial charge in [0.05, 0.1) is 45.4 Å². The van der Waals surface area contributed by atoms with Gasteiger partial charge in [-0.3, -0.25) is 39.2 Å². The molecule has 3 N–H and O–H groups in total. The van der Waals surface area contributed by atoms with Gasteiger partial charge in [0.1, 0.15) is 17.1 Å². The Morgan fingerprint density at radius 1 is 0.900 bits per heavy atom. The van der Waals surface area contributed by atoms with Crippen LogP contribution in [0.4, 0.5) is 11.4 Å². The van der Waals surface area contributed by atoms with E-state index in [1.807, 2.05) is 37.5 Å². The fourth-order valence-corrected chi connectivity index (χ4v) is 11.0. The Bertz CT molecular complexity index is 2670. The van der Waals surface area contributed by atoms with Crippen LogP contribution in [0.2, 0.25) is 0 Å².